The second-order valence-corrected chi connectivity index (χ2v) is 10.6. The Morgan fingerprint density at radius 1 is 0.902 bits per heavy atom. The molecule has 2 aromatic rings. The molecular formula is C30H34N2O9. The Balaban J connectivity index is 1.92. The van der Waals surface area contributed by atoms with Crippen molar-refractivity contribution in [1.82, 2.24) is 10.2 Å². The zero-order valence-electron chi connectivity index (χ0n) is 23.9. The number of nitrogens with one attached hydrogen (secondary N) is 1. The fourth-order valence-corrected chi connectivity index (χ4v) is 4.39. The van der Waals surface area contributed by atoms with E-state index >= 15 is 0 Å². The number of amides is 2. The highest BCUT2D eigenvalue weighted by molar-refractivity contribution is 6.04. The highest BCUT2D eigenvalue weighted by Gasteiger charge is 2.39. The Morgan fingerprint density at radius 3 is 2.05 bits per heavy atom. The lowest BCUT2D eigenvalue weighted by molar-refractivity contribution is -0.153. The molecule has 3 rings (SSSR count). The Morgan fingerprint density at radius 2 is 1.49 bits per heavy atom. The van der Waals surface area contributed by atoms with Gasteiger partial charge < -0.3 is 24.4 Å². The van der Waals surface area contributed by atoms with Gasteiger partial charge in [-0.15, -0.1) is 0 Å². The lowest BCUT2D eigenvalue weighted by Gasteiger charge is -2.28. The number of fused-ring (bicyclic) bond motifs is 1. The van der Waals surface area contributed by atoms with Crippen LogP contribution in [0.3, 0.4) is 0 Å². The maximum Gasteiger partial charge on any atom is 0.331 e. The SMILES string of the molecule is COC(=O)[C@H](COC(C)=O)NC(=O)[C@H](COC(C)=O)N1Cc2c(cccc2-c2ccc(C(=O)C(C)(C)C)cc2)C1=O. The molecule has 2 amide bonds. The van der Waals surface area contributed by atoms with E-state index in [9.17, 15) is 28.8 Å². The molecule has 1 aliphatic heterocycles. The third kappa shape index (κ3) is 7.36. The Kier molecular flexibility index (Phi) is 9.64. The third-order valence-corrected chi connectivity index (χ3v) is 6.51. The van der Waals surface area contributed by atoms with Crippen molar-refractivity contribution >= 4 is 35.5 Å². The van der Waals surface area contributed by atoms with E-state index in [0.29, 0.717) is 16.7 Å². The van der Waals surface area contributed by atoms with E-state index < -0.39 is 60.4 Å². The number of rotatable bonds is 10. The van der Waals surface area contributed by atoms with Gasteiger partial charge in [0.1, 0.15) is 19.3 Å². The van der Waals surface area contributed by atoms with E-state index in [1.165, 1.54) is 11.8 Å². The maximum atomic E-state index is 13.5. The van der Waals surface area contributed by atoms with Gasteiger partial charge in [0.2, 0.25) is 5.91 Å². The van der Waals surface area contributed by atoms with Gasteiger partial charge in [-0.2, -0.15) is 0 Å². The minimum Gasteiger partial charge on any atom is -0.467 e. The summed E-state index contributed by atoms with van der Waals surface area (Å²) < 4.78 is 14.7. The minimum atomic E-state index is -1.35. The standard InChI is InChI=1S/C30H34N2O9/c1-17(33)40-15-24(29(38)39-6)31-27(36)25(16-41-18(2)34)32-14-23-21(8-7-9-22(23)28(32)37)19-10-12-20(13-11-19)26(35)30(3,4)5/h7-13,24-25H,14-16H2,1-6H3,(H,31,36)/t24-,25-/m0/s1. The molecule has 2 atom stereocenters. The van der Waals surface area contributed by atoms with Crippen molar-refractivity contribution in [2.24, 2.45) is 5.41 Å². The van der Waals surface area contributed by atoms with Gasteiger partial charge in [-0.3, -0.25) is 24.0 Å². The summed E-state index contributed by atoms with van der Waals surface area (Å²) in [5.41, 5.74) is 2.56. The van der Waals surface area contributed by atoms with Gasteiger partial charge in [0, 0.05) is 36.9 Å². The molecule has 0 aliphatic carbocycles. The van der Waals surface area contributed by atoms with Crippen LogP contribution in [0.1, 0.15) is 60.9 Å². The van der Waals surface area contributed by atoms with Gasteiger partial charge in [0.15, 0.2) is 11.8 Å². The number of hydrogen-bond donors (Lipinski definition) is 1. The largest absolute Gasteiger partial charge is 0.467 e. The average molecular weight is 567 g/mol. The van der Waals surface area contributed by atoms with E-state index in [1.54, 1.807) is 36.4 Å². The van der Waals surface area contributed by atoms with Crippen LogP contribution in [0.2, 0.25) is 0 Å². The van der Waals surface area contributed by atoms with E-state index in [2.05, 4.69) is 5.32 Å². The molecule has 0 fully saturated rings. The van der Waals surface area contributed by atoms with Gasteiger partial charge >= 0.3 is 17.9 Å². The number of benzene rings is 2. The molecular weight excluding hydrogens is 532 g/mol. The fourth-order valence-electron chi connectivity index (χ4n) is 4.39. The number of Topliss-reactive ketones (excluding diaryl/α,β-unsaturated/α-hetero) is 1. The Labute approximate surface area is 238 Å². The van der Waals surface area contributed by atoms with Gasteiger partial charge in [0.05, 0.1) is 7.11 Å². The monoisotopic (exact) mass is 566 g/mol. The maximum absolute atomic E-state index is 13.5. The van der Waals surface area contributed by atoms with Crippen LogP contribution in [0.15, 0.2) is 42.5 Å². The molecule has 1 heterocycles. The summed E-state index contributed by atoms with van der Waals surface area (Å²) >= 11 is 0. The molecule has 0 unspecified atom stereocenters. The Bertz CT molecular complexity index is 1360. The average Bonchev–Trinajstić information content (AvgIpc) is 3.25. The van der Waals surface area contributed by atoms with E-state index in [1.807, 2.05) is 26.8 Å². The van der Waals surface area contributed by atoms with Crippen LogP contribution in [0.5, 0.6) is 0 Å². The van der Waals surface area contributed by atoms with E-state index in [4.69, 9.17) is 14.2 Å². The van der Waals surface area contributed by atoms with Crippen molar-refractivity contribution in [1.29, 1.82) is 0 Å². The fraction of sp³-hybridized carbons (Fsp3) is 0.400. The van der Waals surface area contributed by atoms with Crippen LogP contribution < -0.4 is 5.32 Å². The first-order valence-corrected chi connectivity index (χ1v) is 13.0. The van der Waals surface area contributed by atoms with Gasteiger partial charge in [0.25, 0.3) is 5.91 Å². The molecule has 41 heavy (non-hydrogen) atoms. The second-order valence-electron chi connectivity index (χ2n) is 10.6. The number of carbonyl (C=O) groups excluding carboxylic acids is 6. The highest BCUT2D eigenvalue weighted by atomic mass is 16.5. The highest BCUT2D eigenvalue weighted by Crippen LogP contribution is 2.34. The lowest BCUT2D eigenvalue weighted by atomic mass is 9.86. The molecule has 11 heteroatoms. The van der Waals surface area contributed by atoms with Crippen LogP contribution in [0.4, 0.5) is 0 Å². The lowest BCUT2D eigenvalue weighted by Crippen LogP contribution is -2.55. The number of hydrogen-bond acceptors (Lipinski definition) is 9. The molecule has 0 saturated heterocycles. The second kappa shape index (κ2) is 12.8. The number of esters is 3. The van der Waals surface area contributed by atoms with Gasteiger partial charge in [-0.1, -0.05) is 57.2 Å². The van der Waals surface area contributed by atoms with Crippen molar-refractivity contribution < 1.29 is 43.0 Å². The summed E-state index contributed by atoms with van der Waals surface area (Å²) in [4.78, 5) is 75.9. The topological polar surface area (TPSA) is 145 Å². The van der Waals surface area contributed by atoms with E-state index in [0.717, 1.165) is 25.2 Å². The Hall–Kier alpha value is -4.54. The first-order chi connectivity index (χ1) is 19.2. The minimum absolute atomic E-state index is 0.00183. The van der Waals surface area contributed by atoms with Crippen LogP contribution in [-0.4, -0.2) is 72.8 Å². The normalized spacial score (nSPS) is 14.0. The summed E-state index contributed by atoms with van der Waals surface area (Å²) in [6, 6.07) is 9.64. The van der Waals surface area contributed by atoms with Crippen molar-refractivity contribution in [3.05, 3.63) is 59.2 Å². The van der Waals surface area contributed by atoms with Gasteiger partial charge in [-0.05, 0) is 22.8 Å². The van der Waals surface area contributed by atoms with Crippen molar-refractivity contribution in [3.63, 3.8) is 0 Å². The zero-order chi connectivity index (χ0) is 30.5. The van der Waals surface area contributed by atoms with Crippen LogP contribution in [-0.2, 0) is 39.9 Å². The number of ketones is 1. The predicted molar refractivity (Wildman–Crippen MR) is 147 cm³/mol. The van der Waals surface area contributed by atoms with Gasteiger partial charge in [-0.25, -0.2) is 4.79 Å². The molecule has 0 spiro atoms. The van der Waals surface area contributed by atoms with E-state index in [-0.39, 0.29) is 12.3 Å². The molecule has 0 saturated carbocycles. The van der Waals surface area contributed by atoms with Crippen LogP contribution >= 0.6 is 0 Å². The summed E-state index contributed by atoms with van der Waals surface area (Å²) in [6.45, 7) is 6.91. The first-order valence-electron chi connectivity index (χ1n) is 13.0. The van der Waals surface area contributed by atoms with Crippen LogP contribution in [0.25, 0.3) is 11.1 Å². The smallest absolute Gasteiger partial charge is 0.331 e. The van der Waals surface area contributed by atoms with Crippen molar-refractivity contribution in [3.8, 4) is 11.1 Å². The molecule has 218 valence electrons. The summed E-state index contributed by atoms with van der Waals surface area (Å²) in [7, 11) is 1.11. The molecule has 11 nitrogen and oxygen atoms in total. The predicted octanol–water partition coefficient (Wildman–Crippen LogP) is 2.69. The molecule has 0 aromatic heterocycles. The number of nitrogens with zero attached hydrogens (tertiary/aromatic N) is 1. The van der Waals surface area contributed by atoms with Crippen molar-refractivity contribution in [2.45, 2.75) is 53.2 Å². The molecule has 0 radical (unpaired) electrons. The summed E-state index contributed by atoms with van der Waals surface area (Å²) in [6.07, 6.45) is 0. The molecule has 1 N–H and O–H groups in total. The molecule has 0 bridgehead atoms. The van der Waals surface area contributed by atoms with Crippen LogP contribution in [0, 0.1) is 5.41 Å². The number of carbonyl (C=O) groups is 6. The first kappa shape index (κ1) is 31.0. The number of methoxy groups -OCH3 is 1. The molecule has 2 aromatic carbocycles. The van der Waals surface area contributed by atoms with Crippen molar-refractivity contribution in [2.75, 3.05) is 20.3 Å². The molecule has 1 aliphatic rings. The summed E-state index contributed by atoms with van der Waals surface area (Å²) in [5.74, 6) is -3.47. The quantitative estimate of drug-likeness (QED) is 0.261. The third-order valence-electron chi connectivity index (χ3n) is 6.51. The summed E-state index contributed by atoms with van der Waals surface area (Å²) in [5, 5.41) is 2.44. The zero-order valence-corrected chi connectivity index (χ0v) is 23.9. The number of ether oxygens (including phenoxy) is 3.